The highest BCUT2D eigenvalue weighted by Crippen LogP contribution is 2.44. The van der Waals surface area contributed by atoms with Crippen LogP contribution in [0.15, 0.2) is 48.7 Å². The number of fused-ring (bicyclic) bond motifs is 4. The number of aryl methyl sites for hydroxylation is 1. The van der Waals surface area contributed by atoms with Crippen molar-refractivity contribution in [3.05, 3.63) is 71.7 Å². The number of nitrogens with one attached hydrogen (secondary N) is 1. The van der Waals surface area contributed by atoms with Gasteiger partial charge in [0.15, 0.2) is 5.82 Å². The number of nitrogens with zero attached hydrogens (tertiary/aromatic N) is 2. The van der Waals surface area contributed by atoms with E-state index in [4.69, 9.17) is 0 Å². The summed E-state index contributed by atoms with van der Waals surface area (Å²) in [6.45, 7) is 7.33. The number of halogens is 2. The number of hydrogen-bond acceptors (Lipinski definition) is 2. The molecule has 0 bridgehead atoms. The molecule has 0 amide bonds. The molecule has 5 rings (SSSR count). The Balaban J connectivity index is 1.84. The topological polar surface area (TPSA) is 39.0 Å². The first-order valence-electron chi connectivity index (χ1n) is 9.81. The molecule has 4 aromatic rings. The van der Waals surface area contributed by atoms with Gasteiger partial charge < -0.3 is 9.88 Å². The number of anilines is 1. The number of aromatic nitrogens is 2. The minimum absolute atomic E-state index is 0.0961. The molecule has 152 valence electrons. The zero-order valence-corrected chi connectivity index (χ0v) is 17.2. The zero-order valence-electron chi connectivity index (χ0n) is 17.2. The van der Waals surface area contributed by atoms with Gasteiger partial charge in [-0.05, 0) is 56.7 Å². The molecular weight excluding hydrogens is 384 g/mol. The van der Waals surface area contributed by atoms with Gasteiger partial charge in [0.05, 0.1) is 22.3 Å². The molecule has 2 aromatic heterocycles. The monoisotopic (exact) mass is 405 g/mol. The van der Waals surface area contributed by atoms with Gasteiger partial charge in [-0.25, -0.2) is 8.78 Å². The second kappa shape index (κ2) is 6.05. The molecule has 2 aromatic carbocycles. The van der Waals surface area contributed by atoms with E-state index in [0.29, 0.717) is 27.8 Å². The van der Waals surface area contributed by atoms with Crippen molar-refractivity contribution in [2.75, 3.05) is 5.32 Å². The maximum absolute atomic E-state index is 16.0. The van der Waals surface area contributed by atoms with Crippen molar-refractivity contribution < 1.29 is 13.6 Å². The van der Waals surface area contributed by atoms with Gasteiger partial charge in [-0.2, -0.15) is 0 Å². The van der Waals surface area contributed by atoms with E-state index in [1.807, 2.05) is 37.5 Å². The maximum atomic E-state index is 16.0. The first-order valence-corrected chi connectivity index (χ1v) is 9.81. The fourth-order valence-electron chi connectivity index (χ4n) is 4.55. The Kier molecular flexibility index (Phi) is 3.75. The van der Waals surface area contributed by atoms with Gasteiger partial charge in [-0.3, -0.25) is 9.36 Å². The van der Waals surface area contributed by atoms with E-state index < -0.39 is 17.2 Å². The van der Waals surface area contributed by atoms with Crippen molar-refractivity contribution in [3.63, 3.8) is 0 Å². The van der Waals surface area contributed by atoms with Gasteiger partial charge >= 0.3 is 0 Å². The van der Waals surface area contributed by atoms with E-state index in [2.05, 4.69) is 5.32 Å². The summed E-state index contributed by atoms with van der Waals surface area (Å²) < 4.78 is 34.6. The average molecular weight is 405 g/mol. The van der Waals surface area contributed by atoms with E-state index >= 15 is 8.78 Å². The normalized spacial score (nSPS) is 14.3. The molecule has 0 saturated heterocycles. The minimum Gasteiger partial charge on any atom is -0.373 e. The van der Waals surface area contributed by atoms with Crippen molar-refractivity contribution in [3.8, 4) is 16.8 Å². The summed E-state index contributed by atoms with van der Waals surface area (Å²) >= 11 is 0. The first-order chi connectivity index (χ1) is 14.2. The molecule has 0 atom stereocenters. The molecule has 30 heavy (non-hydrogen) atoms. The predicted molar refractivity (Wildman–Crippen MR) is 114 cm³/mol. The Hall–Kier alpha value is -3.41. The first kappa shape index (κ1) is 18.6. The number of rotatable bonds is 1. The fraction of sp³-hybridized carbons (Fsp3) is 0.208. The molecular formula is C24H21F2N3O. The second-order valence-corrected chi connectivity index (χ2v) is 8.33. The van der Waals surface area contributed by atoms with Crippen LogP contribution in [0.1, 0.15) is 37.0 Å². The molecule has 0 radical (unpaired) electrons. The van der Waals surface area contributed by atoms with Crippen LogP contribution in [-0.4, -0.2) is 15.0 Å². The summed E-state index contributed by atoms with van der Waals surface area (Å²) in [6, 6.07) is 12.1. The van der Waals surface area contributed by atoms with Crippen LogP contribution in [0.25, 0.3) is 27.7 Å². The van der Waals surface area contributed by atoms with E-state index in [9.17, 15) is 4.79 Å². The number of hydrogen-bond donors (Lipinski definition) is 1. The molecule has 1 aliphatic rings. The van der Waals surface area contributed by atoms with E-state index in [1.54, 1.807) is 30.5 Å². The predicted octanol–water partition coefficient (Wildman–Crippen LogP) is 6.01. The van der Waals surface area contributed by atoms with Gasteiger partial charge in [0, 0.05) is 29.9 Å². The van der Waals surface area contributed by atoms with Gasteiger partial charge in [0.2, 0.25) is 5.91 Å². The van der Waals surface area contributed by atoms with E-state index in [-0.39, 0.29) is 11.5 Å². The van der Waals surface area contributed by atoms with Gasteiger partial charge in [-0.1, -0.05) is 12.1 Å². The third-order valence-corrected chi connectivity index (χ3v) is 5.92. The van der Waals surface area contributed by atoms with E-state index in [1.165, 1.54) is 17.6 Å². The minimum atomic E-state index is -0.647. The summed E-state index contributed by atoms with van der Waals surface area (Å²) in [6.07, 6.45) is 1.63. The molecule has 4 nitrogen and oxygen atoms in total. The van der Waals surface area contributed by atoms with Crippen LogP contribution in [0.2, 0.25) is 0 Å². The van der Waals surface area contributed by atoms with Crippen LogP contribution >= 0.6 is 0 Å². The fourth-order valence-corrected chi connectivity index (χ4v) is 4.55. The lowest BCUT2D eigenvalue weighted by Gasteiger charge is -2.36. The van der Waals surface area contributed by atoms with Crippen LogP contribution in [0.5, 0.6) is 0 Å². The molecule has 6 heteroatoms. The quantitative estimate of drug-likeness (QED) is 0.421. The van der Waals surface area contributed by atoms with Crippen LogP contribution in [-0.2, 0) is 5.54 Å². The van der Waals surface area contributed by atoms with Crippen molar-refractivity contribution in [2.24, 2.45) is 0 Å². The molecule has 0 unspecified atom stereocenters. The van der Waals surface area contributed by atoms with Crippen LogP contribution < -0.4 is 5.32 Å². The Morgan fingerprint density at radius 2 is 1.87 bits per heavy atom. The molecule has 3 heterocycles. The Bertz CT molecular complexity index is 1360. The van der Waals surface area contributed by atoms with Crippen molar-refractivity contribution in [2.45, 2.75) is 33.2 Å². The lowest BCUT2D eigenvalue weighted by Crippen LogP contribution is -2.35. The van der Waals surface area contributed by atoms with Crippen LogP contribution in [0, 0.1) is 18.6 Å². The molecule has 0 aliphatic carbocycles. The Morgan fingerprint density at radius 1 is 1.10 bits per heavy atom. The molecule has 1 aliphatic heterocycles. The smallest absolute Gasteiger partial charge is 0.227 e. The molecule has 0 fully saturated rings. The lowest BCUT2D eigenvalue weighted by molar-refractivity contribution is 0.0941. The second-order valence-electron chi connectivity index (χ2n) is 8.33. The molecule has 1 N–H and O–H groups in total. The summed E-state index contributed by atoms with van der Waals surface area (Å²) in [5.41, 5.74) is 2.98. The highest BCUT2D eigenvalue weighted by atomic mass is 19.1. The van der Waals surface area contributed by atoms with Gasteiger partial charge in [-0.15, -0.1) is 0 Å². The van der Waals surface area contributed by atoms with Gasteiger partial charge in [0.1, 0.15) is 11.5 Å². The average Bonchev–Trinajstić information content (AvgIpc) is 3.26. The lowest BCUT2D eigenvalue weighted by atomic mass is 9.94. The third-order valence-electron chi connectivity index (χ3n) is 5.92. The summed E-state index contributed by atoms with van der Waals surface area (Å²) in [5, 5.41) is 3.90. The third kappa shape index (κ3) is 2.39. The Morgan fingerprint density at radius 3 is 2.60 bits per heavy atom. The summed E-state index contributed by atoms with van der Waals surface area (Å²) in [7, 11) is 0. The largest absolute Gasteiger partial charge is 0.373 e. The van der Waals surface area contributed by atoms with Crippen LogP contribution in [0.3, 0.4) is 0 Å². The maximum Gasteiger partial charge on any atom is 0.227 e. The van der Waals surface area contributed by atoms with E-state index in [0.717, 1.165) is 11.4 Å². The van der Waals surface area contributed by atoms with Crippen LogP contribution in [0.4, 0.5) is 14.5 Å². The molecule has 0 spiro atoms. The highest BCUT2D eigenvalue weighted by molar-refractivity contribution is 6.00. The van der Waals surface area contributed by atoms with Gasteiger partial charge in [0.25, 0.3) is 0 Å². The number of carbonyl (C=O) groups excluding carboxylic acids is 1. The van der Waals surface area contributed by atoms with Crippen molar-refractivity contribution in [1.82, 2.24) is 9.13 Å². The number of carbonyl (C=O) groups is 1. The number of benzene rings is 2. The Labute approximate surface area is 172 Å². The SMILES string of the molecule is CC(=O)n1ccc2c(-c3c(F)cc4c(c3F)-n3c(C)ccc3C(C)(C)N4)cccc21. The van der Waals surface area contributed by atoms with Crippen molar-refractivity contribution >= 4 is 22.5 Å². The van der Waals surface area contributed by atoms with Crippen molar-refractivity contribution in [1.29, 1.82) is 0 Å². The molecule has 0 saturated carbocycles. The standard InChI is InChI=1S/C24H21F2N3O/c1-13-8-9-20-24(3,4)27-18-12-17(25)21(22(26)23(18)29(13)20)16-6-5-7-19-15(16)10-11-28(19)14(2)30/h5-12,27H,1-4H3. The summed E-state index contributed by atoms with van der Waals surface area (Å²) in [4.78, 5) is 11.9. The zero-order chi connectivity index (χ0) is 21.4. The highest BCUT2D eigenvalue weighted by Gasteiger charge is 2.35. The summed E-state index contributed by atoms with van der Waals surface area (Å²) in [5.74, 6) is -1.44.